The van der Waals surface area contributed by atoms with Gasteiger partial charge in [0.05, 0.1) is 0 Å². The predicted octanol–water partition coefficient (Wildman–Crippen LogP) is 1.62. The van der Waals surface area contributed by atoms with Crippen LogP contribution in [-0.4, -0.2) is 20.8 Å². The first kappa shape index (κ1) is 11.5. The van der Waals surface area contributed by atoms with Gasteiger partial charge in [-0.25, -0.2) is 9.97 Å². The summed E-state index contributed by atoms with van der Waals surface area (Å²) in [5.74, 6) is -0.0339. The lowest BCUT2D eigenvalue weighted by atomic mass is 10.3. The van der Waals surface area contributed by atoms with Crippen LogP contribution in [0.2, 0.25) is 0 Å². The zero-order valence-corrected chi connectivity index (χ0v) is 10.0. The Labute approximate surface area is 103 Å². The molecule has 0 atom stereocenters. The summed E-state index contributed by atoms with van der Waals surface area (Å²) in [4.78, 5) is 13.4. The molecular weight excluding hydrogens is 234 g/mol. The third kappa shape index (κ3) is 3.01. The second kappa shape index (κ2) is 4.92. The minimum atomic E-state index is -0.0339. The van der Waals surface area contributed by atoms with Gasteiger partial charge in [0.2, 0.25) is 0 Å². The summed E-state index contributed by atoms with van der Waals surface area (Å²) in [6, 6.07) is 5.40. The Bertz CT molecular complexity index is 538. The molecule has 2 aromatic heterocycles. The van der Waals surface area contributed by atoms with Crippen molar-refractivity contribution in [2.24, 2.45) is 5.73 Å². The quantitative estimate of drug-likeness (QED) is 0.487. The number of rotatable bonds is 3. The lowest BCUT2D eigenvalue weighted by Crippen LogP contribution is -2.12. The summed E-state index contributed by atoms with van der Waals surface area (Å²) in [5.41, 5.74) is 6.72. The third-order valence-corrected chi connectivity index (χ3v) is 2.85. The van der Waals surface area contributed by atoms with Crippen LogP contribution in [0.25, 0.3) is 0 Å². The predicted molar refractivity (Wildman–Crippen MR) is 66.1 cm³/mol. The molecule has 0 aliphatic carbocycles. The van der Waals surface area contributed by atoms with Gasteiger partial charge in [0.15, 0.2) is 5.16 Å². The number of hydrogen-bond acceptors (Lipinski definition) is 5. The van der Waals surface area contributed by atoms with Gasteiger partial charge in [-0.15, -0.1) is 0 Å². The van der Waals surface area contributed by atoms with Crippen LogP contribution in [-0.2, 0) is 0 Å². The van der Waals surface area contributed by atoms with Crippen molar-refractivity contribution < 1.29 is 0 Å². The maximum Gasteiger partial charge on any atom is 0.192 e. The first-order valence-electron chi connectivity index (χ1n) is 4.93. The van der Waals surface area contributed by atoms with Crippen molar-refractivity contribution in [3.8, 4) is 0 Å². The van der Waals surface area contributed by atoms with Gasteiger partial charge in [-0.2, -0.15) is 0 Å². The van der Waals surface area contributed by atoms with Crippen LogP contribution in [0.5, 0.6) is 0 Å². The van der Waals surface area contributed by atoms with Crippen LogP contribution in [0.3, 0.4) is 0 Å². The van der Waals surface area contributed by atoms with Crippen molar-refractivity contribution in [2.75, 3.05) is 0 Å². The van der Waals surface area contributed by atoms with E-state index in [1.165, 1.54) is 11.8 Å². The molecule has 3 N–H and O–H groups in total. The standard InChI is InChI=1S/C11H11N5S/c1-7-4-5-14-11(16-7)17-8-2-3-9(10(12)13)15-6-8/h2-6H,1H3,(H3,12,13). The van der Waals surface area contributed by atoms with Crippen molar-refractivity contribution >= 4 is 17.6 Å². The molecule has 0 saturated carbocycles. The zero-order chi connectivity index (χ0) is 12.3. The average molecular weight is 245 g/mol. The summed E-state index contributed by atoms with van der Waals surface area (Å²) in [6.45, 7) is 1.92. The van der Waals surface area contributed by atoms with E-state index < -0.39 is 0 Å². The lowest BCUT2D eigenvalue weighted by molar-refractivity contribution is 0.931. The first-order valence-corrected chi connectivity index (χ1v) is 5.75. The average Bonchev–Trinajstić information content (AvgIpc) is 2.29. The van der Waals surface area contributed by atoms with E-state index in [0.29, 0.717) is 10.9 Å². The number of nitrogens with two attached hydrogens (primary N) is 1. The molecule has 0 saturated heterocycles. The van der Waals surface area contributed by atoms with Crippen LogP contribution in [0.15, 0.2) is 40.6 Å². The molecular formula is C11H11N5S. The second-order valence-corrected chi connectivity index (χ2v) is 4.42. The molecule has 0 aliphatic rings. The molecule has 0 bridgehead atoms. The van der Waals surface area contributed by atoms with E-state index in [4.69, 9.17) is 11.1 Å². The Morgan fingerprint density at radius 3 is 2.71 bits per heavy atom. The minimum absolute atomic E-state index is 0.0339. The molecule has 0 aromatic carbocycles. The fourth-order valence-corrected chi connectivity index (χ4v) is 1.94. The molecule has 0 spiro atoms. The summed E-state index contributed by atoms with van der Waals surface area (Å²) in [6.07, 6.45) is 3.38. The van der Waals surface area contributed by atoms with Gasteiger partial charge >= 0.3 is 0 Å². The Balaban J connectivity index is 2.16. The fourth-order valence-electron chi connectivity index (χ4n) is 1.18. The molecule has 2 aromatic rings. The molecule has 17 heavy (non-hydrogen) atoms. The smallest absolute Gasteiger partial charge is 0.192 e. The van der Waals surface area contributed by atoms with Crippen LogP contribution in [0.1, 0.15) is 11.4 Å². The van der Waals surface area contributed by atoms with Crippen LogP contribution >= 0.6 is 11.8 Å². The molecule has 0 aliphatic heterocycles. The van der Waals surface area contributed by atoms with Gasteiger partial charge in [-0.05, 0) is 36.9 Å². The number of amidine groups is 1. The molecule has 6 heteroatoms. The first-order chi connectivity index (χ1) is 8.15. The second-order valence-electron chi connectivity index (χ2n) is 3.38. The number of pyridine rings is 1. The Hall–Kier alpha value is -1.95. The van der Waals surface area contributed by atoms with Crippen molar-refractivity contribution in [2.45, 2.75) is 17.0 Å². The van der Waals surface area contributed by atoms with Gasteiger partial charge in [0.1, 0.15) is 11.5 Å². The number of nitrogens with one attached hydrogen (secondary N) is 1. The molecule has 2 heterocycles. The molecule has 5 nitrogen and oxygen atoms in total. The maximum absolute atomic E-state index is 7.24. The zero-order valence-electron chi connectivity index (χ0n) is 9.21. The number of aryl methyl sites for hydroxylation is 1. The van der Waals surface area contributed by atoms with Crippen LogP contribution in [0.4, 0.5) is 0 Å². The summed E-state index contributed by atoms with van der Waals surface area (Å²) >= 11 is 1.43. The van der Waals surface area contributed by atoms with Gasteiger partial charge < -0.3 is 5.73 Å². The molecule has 0 radical (unpaired) electrons. The molecule has 86 valence electrons. The van der Waals surface area contributed by atoms with E-state index in [1.807, 2.05) is 19.1 Å². The highest BCUT2D eigenvalue weighted by atomic mass is 32.2. The largest absolute Gasteiger partial charge is 0.382 e. The van der Waals surface area contributed by atoms with E-state index >= 15 is 0 Å². The van der Waals surface area contributed by atoms with E-state index in [2.05, 4.69) is 15.0 Å². The lowest BCUT2D eigenvalue weighted by Gasteiger charge is -2.01. The van der Waals surface area contributed by atoms with Crippen molar-refractivity contribution in [3.05, 3.63) is 42.0 Å². The number of nitrogen functional groups attached to an aromatic ring is 1. The van der Waals surface area contributed by atoms with Gasteiger partial charge in [0, 0.05) is 23.0 Å². The Morgan fingerprint density at radius 1 is 1.29 bits per heavy atom. The minimum Gasteiger partial charge on any atom is -0.382 e. The third-order valence-electron chi connectivity index (χ3n) is 1.99. The van der Waals surface area contributed by atoms with Crippen molar-refractivity contribution in [1.29, 1.82) is 5.41 Å². The van der Waals surface area contributed by atoms with Crippen molar-refractivity contribution in [1.82, 2.24) is 15.0 Å². The summed E-state index contributed by atoms with van der Waals surface area (Å²) in [7, 11) is 0. The van der Waals surface area contributed by atoms with Crippen molar-refractivity contribution in [3.63, 3.8) is 0 Å². The highest BCUT2D eigenvalue weighted by Gasteiger charge is 2.02. The van der Waals surface area contributed by atoms with Crippen LogP contribution in [0, 0.1) is 12.3 Å². The topological polar surface area (TPSA) is 88.5 Å². The number of aromatic nitrogens is 3. The van der Waals surface area contributed by atoms with Crippen LogP contribution < -0.4 is 5.73 Å². The van der Waals surface area contributed by atoms with E-state index in [9.17, 15) is 0 Å². The molecule has 0 amide bonds. The maximum atomic E-state index is 7.24. The summed E-state index contributed by atoms with van der Waals surface area (Å²) < 4.78 is 0. The highest BCUT2D eigenvalue weighted by molar-refractivity contribution is 7.99. The highest BCUT2D eigenvalue weighted by Crippen LogP contribution is 2.23. The number of hydrogen-bond donors (Lipinski definition) is 2. The van der Waals surface area contributed by atoms with Gasteiger partial charge in [-0.3, -0.25) is 10.4 Å². The Kier molecular flexibility index (Phi) is 3.34. The summed E-state index contributed by atoms with van der Waals surface area (Å²) in [5, 5.41) is 7.92. The fraction of sp³-hybridized carbons (Fsp3) is 0.0909. The van der Waals surface area contributed by atoms with E-state index in [-0.39, 0.29) is 5.84 Å². The van der Waals surface area contributed by atoms with E-state index in [0.717, 1.165) is 10.6 Å². The van der Waals surface area contributed by atoms with Gasteiger partial charge in [-0.1, -0.05) is 0 Å². The molecule has 2 rings (SSSR count). The SMILES string of the molecule is Cc1ccnc(Sc2ccc(C(=N)N)nc2)n1. The molecule has 0 fully saturated rings. The Morgan fingerprint density at radius 2 is 2.12 bits per heavy atom. The van der Waals surface area contributed by atoms with Gasteiger partial charge in [0.25, 0.3) is 0 Å². The molecule has 0 unspecified atom stereocenters. The monoisotopic (exact) mass is 245 g/mol. The van der Waals surface area contributed by atoms with E-state index in [1.54, 1.807) is 18.5 Å². The number of nitrogens with zero attached hydrogens (tertiary/aromatic N) is 3. The normalized spacial score (nSPS) is 10.2.